The molecule has 1 aromatic carbocycles. The van der Waals surface area contributed by atoms with Gasteiger partial charge in [-0.05, 0) is 89.9 Å². The van der Waals surface area contributed by atoms with Crippen molar-refractivity contribution in [1.82, 2.24) is 15.2 Å². The highest BCUT2D eigenvalue weighted by atomic mass is 35.5. The quantitative estimate of drug-likeness (QED) is 0.207. The average molecular weight is 649 g/mol. The maximum Gasteiger partial charge on any atom is 0.414 e. The van der Waals surface area contributed by atoms with Crippen molar-refractivity contribution < 1.29 is 43.0 Å². The maximum absolute atomic E-state index is 13.8. The molecule has 2 aromatic rings. The van der Waals surface area contributed by atoms with Gasteiger partial charge < -0.3 is 34.5 Å². The predicted octanol–water partition coefficient (Wildman–Crippen LogP) is 4.27. The van der Waals surface area contributed by atoms with Crippen LogP contribution in [0.3, 0.4) is 0 Å². The van der Waals surface area contributed by atoms with Crippen molar-refractivity contribution in [2.24, 2.45) is 5.92 Å². The lowest BCUT2D eigenvalue weighted by Crippen LogP contribution is -2.44. The average Bonchev–Trinajstić information content (AvgIpc) is 2.90. The number of hydrogen-bond acceptors (Lipinski definition) is 7. The van der Waals surface area contributed by atoms with Gasteiger partial charge in [0.25, 0.3) is 0 Å². The molecule has 0 spiro atoms. The van der Waals surface area contributed by atoms with Gasteiger partial charge in [0, 0.05) is 28.6 Å². The Hall–Kier alpha value is -2.08. The van der Waals surface area contributed by atoms with E-state index in [9.17, 15) is 38.3 Å². The number of aromatic nitrogens is 1. The summed E-state index contributed by atoms with van der Waals surface area (Å²) in [7, 11) is -8.66. The van der Waals surface area contributed by atoms with Crippen LogP contribution in [-0.2, 0) is 18.7 Å². The molecule has 0 aliphatic heterocycles. The topological polar surface area (TPSA) is 190 Å². The third-order valence-corrected chi connectivity index (χ3v) is 11.0. The number of carbonyl (C=O) groups excluding carboxylic acids is 2. The van der Waals surface area contributed by atoms with Crippen molar-refractivity contribution in [1.29, 1.82) is 0 Å². The molecule has 2 amide bonds. The Morgan fingerprint density at radius 1 is 1.17 bits per heavy atom. The number of benzene rings is 1. The van der Waals surface area contributed by atoms with Gasteiger partial charge in [-0.2, -0.15) is 0 Å². The number of hydrogen-bond donors (Lipinski definition) is 5. The highest BCUT2D eigenvalue weighted by Crippen LogP contribution is 2.58. The Morgan fingerprint density at radius 2 is 1.86 bits per heavy atom. The first-order chi connectivity index (χ1) is 19.6. The van der Waals surface area contributed by atoms with Crippen molar-refractivity contribution in [3.05, 3.63) is 35.5 Å². The second kappa shape index (κ2) is 14.6. The molecule has 1 saturated carbocycles. The number of fused-ring (bicyclic) bond motifs is 1. The summed E-state index contributed by atoms with van der Waals surface area (Å²) in [5.41, 5.74) is -1.44. The molecule has 42 heavy (non-hydrogen) atoms. The van der Waals surface area contributed by atoms with Crippen LogP contribution in [0.4, 0.5) is 10.5 Å². The molecule has 3 atom stereocenters. The van der Waals surface area contributed by atoms with Crippen LogP contribution in [0.2, 0.25) is 5.02 Å². The molecule has 1 heterocycles. The number of rotatable bonds is 12. The zero-order valence-electron chi connectivity index (χ0n) is 23.8. The number of nitrogens with one attached hydrogen (secondary N) is 1. The predicted molar refractivity (Wildman–Crippen MR) is 159 cm³/mol. The van der Waals surface area contributed by atoms with Crippen molar-refractivity contribution in [2.45, 2.75) is 70.0 Å². The van der Waals surface area contributed by atoms with Gasteiger partial charge in [-0.3, -0.25) is 23.8 Å². The highest BCUT2D eigenvalue weighted by Gasteiger charge is 2.46. The fourth-order valence-corrected chi connectivity index (χ4v) is 7.40. The molecule has 3 rings (SSSR count). The number of ether oxygens (including phenoxy) is 1. The zero-order chi connectivity index (χ0) is 31.2. The van der Waals surface area contributed by atoms with Gasteiger partial charge in [0.1, 0.15) is 6.10 Å². The van der Waals surface area contributed by atoms with E-state index in [1.807, 2.05) is 19.3 Å². The van der Waals surface area contributed by atoms with E-state index in [2.05, 4.69) is 16.8 Å². The number of anilines is 1. The Labute approximate surface area is 249 Å². The number of carbonyl (C=O) groups is 2. The standard InChI is InChI=1S/C26H39ClN4O9P2/c1-4-30(3)14-6-7-17(2)31(23-12-13-28-22-16-19(27)10-11-21(22)23)26(33)40-20-9-5-8-18(15-20)24(32)29-25(41(34,35)36)42(37,38)39/h10-13,16-18,20,25H,4-9,14-15H2,1-3H3,(H,29,32)(H2,34,35,36)(H2,37,38,39). The Balaban J connectivity index is 1.81. The van der Waals surface area contributed by atoms with Crippen LogP contribution in [0.5, 0.6) is 0 Å². The molecule has 1 aliphatic rings. The van der Waals surface area contributed by atoms with E-state index in [-0.39, 0.29) is 12.5 Å². The van der Waals surface area contributed by atoms with E-state index in [1.54, 1.807) is 35.4 Å². The fourth-order valence-electron chi connectivity index (χ4n) is 5.07. The van der Waals surface area contributed by atoms with Gasteiger partial charge in [0.15, 0.2) is 0 Å². The van der Waals surface area contributed by atoms with Crippen molar-refractivity contribution in [3.8, 4) is 0 Å². The summed E-state index contributed by atoms with van der Waals surface area (Å²) in [5, 5.41) is 3.04. The molecular formula is C26H39ClN4O9P2. The van der Waals surface area contributed by atoms with Crippen LogP contribution in [0.15, 0.2) is 30.5 Å². The number of amides is 2. The van der Waals surface area contributed by atoms with E-state index >= 15 is 0 Å². The summed E-state index contributed by atoms with van der Waals surface area (Å²) in [6.07, 6.45) is 3.02. The van der Waals surface area contributed by atoms with Gasteiger partial charge in [-0.25, -0.2) is 4.79 Å². The highest BCUT2D eigenvalue weighted by molar-refractivity contribution is 7.70. The molecule has 0 radical (unpaired) electrons. The number of pyridine rings is 1. The Bertz CT molecular complexity index is 1330. The van der Waals surface area contributed by atoms with Gasteiger partial charge in [-0.15, -0.1) is 0 Å². The second-order valence-corrected chi connectivity index (χ2v) is 14.9. The Morgan fingerprint density at radius 3 is 2.50 bits per heavy atom. The molecule has 0 bridgehead atoms. The molecule has 5 N–H and O–H groups in total. The monoisotopic (exact) mass is 648 g/mol. The van der Waals surface area contributed by atoms with Gasteiger partial charge in [-0.1, -0.05) is 18.5 Å². The second-order valence-electron chi connectivity index (χ2n) is 10.7. The van der Waals surface area contributed by atoms with E-state index in [0.29, 0.717) is 47.3 Å². The summed E-state index contributed by atoms with van der Waals surface area (Å²) >= 11 is 6.17. The first-order valence-electron chi connectivity index (χ1n) is 13.7. The van der Waals surface area contributed by atoms with Crippen molar-refractivity contribution in [3.63, 3.8) is 0 Å². The lowest BCUT2D eigenvalue weighted by Gasteiger charge is -2.34. The smallest absolute Gasteiger partial charge is 0.414 e. The van der Waals surface area contributed by atoms with Gasteiger partial charge >= 0.3 is 21.3 Å². The lowest BCUT2D eigenvalue weighted by molar-refractivity contribution is -0.127. The third kappa shape index (κ3) is 9.21. The first kappa shape index (κ1) is 34.4. The molecule has 0 saturated heterocycles. The summed E-state index contributed by atoms with van der Waals surface area (Å²) in [6.45, 7) is 5.74. The Kier molecular flexibility index (Phi) is 12.0. The summed E-state index contributed by atoms with van der Waals surface area (Å²) in [5.74, 6) is -1.79. The molecular weight excluding hydrogens is 610 g/mol. The fraction of sp³-hybridized carbons (Fsp3) is 0.577. The molecule has 1 fully saturated rings. The SMILES string of the molecule is CCN(C)CCCC(C)N(C(=O)OC1CCCC(C(=O)NC(P(=O)(O)O)P(=O)(O)O)C1)c1ccnc2cc(Cl)ccc12. The molecule has 13 nitrogen and oxygen atoms in total. The largest absolute Gasteiger partial charge is 0.446 e. The summed E-state index contributed by atoms with van der Waals surface area (Å²) < 4.78 is 29.2. The van der Waals surface area contributed by atoms with Crippen LogP contribution in [0, 0.1) is 5.92 Å². The molecule has 3 unspecified atom stereocenters. The third-order valence-electron chi connectivity index (χ3n) is 7.45. The van der Waals surface area contributed by atoms with Crippen molar-refractivity contribution in [2.75, 3.05) is 25.0 Å². The van der Waals surface area contributed by atoms with E-state index in [4.69, 9.17) is 16.3 Å². The maximum atomic E-state index is 13.8. The summed E-state index contributed by atoms with van der Waals surface area (Å²) in [6, 6.07) is 6.67. The lowest BCUT2D eigenvalue weighted by atomic mass is 9.86. The minimum Gasteiger partial charge on any atom is -0.446 e. The van der Waals surface area contributed by atoms with Crippen LogP contribution >= 0.6 is 26.8 Å². The first-order valence-corrected chi connectivity index (χ1v) is 17.5. The molecule has 1 aliphatic carbocycles. The molecule has 1 aromatic heterocycles. The van der Waals surface area contributed by atoms with Gasteiger partial charge in [0.2, 0.25) is 11.4 Å². The van der Waals surface area contributed by atoms with Crippen LogP contribution in [0.25, 0.3) is 10.9 Å². The van der Waals surface area contributed by atoms with Gasteiger partial charge in [0.05, 0.1) is 11.2 Å². The zero-order valence-corrected chi connectivity index (χ0v) is 26.3. The van der Waals surface area contributed by atoms with E-state index < -0.39 is 44.7 Å². The van der Waals surface area contributed by atoms with E-state index in [0.717, 1.165) is 19.5 Å². The van der Waals surface area contributed by atoms with Crippen molar-refractivity contribution >= 4 is 55.4 Å². The normalized spacial score (nSPS) is 18.7. The molecule has 234 valence electrons. The molecule has 16 heteroatoms. The van der Waals surface area contributed by atoms with E-state index in [1.165, 1.54) is 0 Å². The van der Waals surface area contributed by atoms with Crippen LogP contribution in [0.1, 0.15) is 52.4 Å². The van der Waals surface area contributed by atoms with Crippen LogP contribution in [-0.4, -0.2) is 79.3 Å². The summed E-state index contributed by atoms with van der Waals surface area (Å²) in [4.78, 5) is 72.2. The minimum absolute atomic E-state index is 0.0306. The number of nitrogens with zero attached hydrogens (tertiary/aromatic N) is 3. The number of halogens is 1. The van der Waals surface area contributed by atoms with Crippen LogP contribution < -0.4 is 10.2 Å². The minimum atomic E-state index is -5.34.